The summed E-state index contributed by atoms with van der Waals surface area (Å²) in [6.45, 7) is 4.03. The molecule has 0 aliphatic carbocycles. The summed E-state index contributed by atoms with van der Waals surface area (Å²) >= 11 is 1.56. The second-order valence-electron chi connectivity index (χ2n) is 3.59. The molecule has 2 heteroatoms. The maximum atomic E-state index is 11.8. The van der Waals surface area contributed by atoms with Gasteiger partial charge in [0.2, 0.25) is 0 Å². The van der Waals surface area contributed by atoms with Crippen molar-refractivity contribution < 1.29 is 4.79 Å². The van der Waals surface area contributed by atoms with E-state index in [0.717, 1.165) is 22.6 Å². The summed E-state index contributed by atoms with van der Waals surface area (Å²) in [7, 11) is 0. The lowest BCUT2D eigenvalue weighted by Crippen LogP contribution is -1.98. The van der Waals surface area contributed by atoms with E-state index >= 15 is 0 Å². The van der Waals surface area contributed by atoms with E-state index in [-0.39, 0.29) is 5.78 Å². The molecule has 0 radical (unpaired) electrons. The van der Waals surface area contributed by atoms with Crippen molar-refractivity contribution in [2.45, 2.75) is 38.0 Å². The molecule has 16 heavy (non-hydrogen) atoms. The van der Waals surface area contributed by atoms with Gasteiger partial charge in [0.05, 0.1) is 4.91 Å². The predicted octanol–water partition coefficient (Wildman–Crippen LogP) is 4.44. The Morgan fingerprint density at radius 3 is 2.56 bits per heavy atom. The van der Waals surface area contributed by atoms with Crippen LogP contribution in [0, 0.1) is 0 Å². The summed E-state index contributed by atoms with van der Waals surface area (Å²) in [6, 6.07) is 10.0. The fraction of sp³-hybridized carbons (Fsp3) is 0.357. The van der Waals surface area contributed by atoms with Gasteiger partial charge in [-0.2, -0.15) is 0 Å². The van der Waals surface area contributed by atoms with E-state index in [2.05, 4.69) is 6.92 Å². The third-order valence-corrected chi connectivity index (χ3v) is 3.46. The number of ketones is 1. The van der Waals surface area contributed by atoms with E-state index in [4.69, 9.17) is 0 Å². The number of Topliss-reactive ketones (excluding diaryl/α,β-unsaturated/α-hetero) is 1. The van der Waals surface area contributed by atoms with Gasteiger partial charge in [0, 0.05) is 11.3 Å². The summed E-state index contributed by atoms with van der Waals surface area (Å²) in [5, 5.41) is 0. The molecular formula is C14H18OS. The van der Waals surface area contributed by atoms with Gasteiger partial charge in [0.1, 0.15) is 0 Å². The molecule has 1 aromatic carbocycles. The zero-order valence-corrected chi connectivity index (χ0v) is 10.7. The average Bonchev–Trinajstić information content (AvgIpc) is 2.34. The lowest BCUT2D eigenvalue weighted by Gasteiger charge is -2.05. The number of carbonyl (C=O) groups is 1. The summed E-state index contributed by atoms with van der Waals surface area (Å²) in [6.07, 6.45) is 4.62. The smallest absolute Gasteiger partial charge is 0.169 e. The van der Waals surface area contributed by atoms with E-state index in [0.29, 0.717) is 6.42 Å². The molecule has 0 fully saturated rings. The number of benzene rings is 1. The lowest BCUT2D eigenvalue weighted by atomic mass is 10.2. The first-order chi connectivity index (χ1) is 7.77. The highest BCUT2D eigenvalue weighted by atomic mass is 32.2. The Labute approximate surface area is 102 Å². The van der Waals surface area contributed by atoms with Crippen molar-refractivity contribution in [3.05, 3.63) is 41.3 Å². The van der Waals surface area contributed by atoms with Crippen molar-refractivity contribution in [3.63, 3.8) is 0 Å². The minimum Gasteiger partial charge on any atom is -0.294 e. The second kappa shape index (κ2) is 7.29. The molecule has 0 N–H and O–H groups in total. The first-order valence-electron chi connectivity index (χ1n) is 5.70. The highest BCUT2D eigenvalue weighted by Gasteiger charge is 2.09. The van der Waals surface area contributed by atoms with Gasteiger partial charge in [-0.25, -0.2) is 0 Å². The van der Waals surface area contributed by atoms with E-state index in [1.165, 1.54) is 0 Å². The topological polar surface area (TPSA) is 17.1 Å². The number of thioether (sulfide) groups is 1. The number of hydrogen-bond acceptors (Lipinski definition) is 2. The minimum atomic E-state index is 0.262. The largest absolute Gasteiger partial charge is 0.294 e. The van der Waals surface area contributed by atoms with Gasteiger partial charge in [-0.05, 0) is 25.5 Å². The van der Waals surface area contributed by atoms with Crippen molar-refractivity contribution in [2.24, 2.45) is 0 Å². The van der Waals surface area contributed by atoms with Gasteiger partial charge < -0.3 is 0 Å². The fourth-order valence-corrected chi connectivity index (χ4v) is 2.23. The van der Waals surface area contributed by atoms with Crippen LogP contribution in [0.2, 0.25) is 0 Å². The molecule has 0 unspecified atom stereocenters. The second-order valence-corrected chi connectivity index (χ2v) is 4.71. The van der Waals surface area contributed by atoms with Gasteiger partial charge >= 0.3 is 0 Å². The monoisotopic (exact) mass is 234 g/mol. The molecule has 0 aromatic heterocycles. The Balaban J connectivity index is 2.60. The van der Waals surface area contributed by atoms with Gasteiger partial charge in [0.15, 0.2) is 5.78 Å². The Morgan fingerprint density at radius 2 is 2.00 bits per heavy atom. The van der Waals surface area contributed by atoms with Crippen LogP contribution in [0.25, 0.3) is 0 Å². The van der Waals surface area contributed by atoms with Crippen LogP contribution in [-0.4, -0.2) is 5.78 Å². The molecule has 0 amide bonds. The number of carbonyl (C=O) groups excluding carboxylic acids is 1. The van der Waals surface area contributed by atoms with E-state index in [1.54, 1.807) is 11.8 Å². The van der Waals surface area contributed by atoms with Gasteiger partial charge in [-0.3, -0.25) is 4.79 Å². The molecule has 1 rings (SSSR count). The van der Waals surface area contributed by atoms with Crippen molar-refractivity contribution in [1.82, 2.24) is 0 Å². The molecule has 0 atom stereocenters. The molecule has 0 spiro atoms. The van der Waals surface area contributed by atoms with Crippen LogP contribution in [0.4, 0.5) is 0 Å². The van der Waals surface area contributed by atoms with Crippen molar-refractivity contribution in [3.8, 4) is 0 Å². The third kappa shape index (κ3) is 4.23. The molecule has 0 heterocycles. The Kier molecular flexibility index (Phi) is 5.94. The van der Waals surface area contributed by atoms with Gasteiger partial charge in [-0.15, -0.1) is 0 Å². The van der Waals surface area contributed by atoms with Crippen LogP contribution in [0.3, 0.4) is 0 Å². The summed E-state index contributed by atoms with van der Waals surface area (Å²) in [5.41, 5.74) is 0. The van der Waals surface area contributed by atoms with Gasteiger partial charge in [0.25, 0.3) is 0 Å². The molecule has 1 aromatic rings. The number of hydrogen-bond donors (Lipinski definition) is 0. The fourth-order valence-electron chi connectivity index (χ4n) is 1.35. The lowest BCUT2D eigenvalue weighted by molar-refractivity contribution is -0.115. The predicted molar refractivity (Wildman–Crippen MR) is 70.6 cm³/mol. The Morgan fingerprint density at radius 1 is 1.31 bits per heavy atom. The highest BCUT2D eigenvalue weighted by molar-refractivity contribution is 8.04. The number of rotatable bonds is 6. The van der Waals surface area contributed by atoms with E-state index in [9.17, 15) is 4.79 Å². The zero-order chi connectivity index (χ0) is 11.8. The normalized spacial score (nSPS) is 11.5. The van der Waals surface area contributed by atoms with E-state index < -0.39 is 0 Å². The van der Waals surface area contributed by atoms with Crippen LogP contribution < -0.4 is 0 Å². The van der Waals surface area contributed by atoms with Crippen molar-refractivity contribution in [2.75, 3.05) is 0 Å². The Bertz CT molecular complexity index is 354. The number of allylic oxidation sites excluding steroid dienone is 2. The molecular weight excluding hydrogens is 216 g/mol. The van der Waals surface area contributed by atoms with Crippen LogP contribution in [0.5, 0.6) is 0 Å². The third-order valence-electron chi connectivity index (χ3n) is 2.27. The van der Waals surface area contributed by atoms with Crippen LogP contribution in [-0.2, 0) is 4.79 Å². The van der Waals surface area contributed by atoms with Crippen molar-refractivity contribution in [1.29, 1.82) is 0 Å². The SMILES string of the molecule is C/C=C(\Sc1ccccc1)C(=O)CCCC. The molecule has 0 saturated heterocycles. The summed E-state index contributed by atoms with van der Waals surface area (Å²) < 4.78 is 0. The molecule has 0 saturated carbocycles. The molecule has 86 valence electrons. The molecule has 0 aliphatic rings. The summed E-state index contributed by atoms with van der Waals surface area (Å²) in [4.78, 5) is 13.8. The average molecular weight is 234 g/mol. The van der Waals surface area contributed by atoms with Gasteiger partial charge in [-0.1, -0.05) is 49.4 Å². The first kappa shape index (κ1) is 13.0. The summed E-state index contributed by atoms with van der Waals surface area (Å²) in [5.74, 6) is 0.262. The molecule has 0 aliphatic heterocycles. The first-order valence-corrected chi connectivity index (χ1v) is 6.52. The maximum absolute atomic E-state index is 11.8. The number of unbranched alkanes of at least 4 members (excludes halogenated alkanes) is 1. The van der Waals surface area contributed by atoms with Crippen LogP contribution >= 0.6 is 11.8 Å². The standard InChI is InChI=1S/C14H18OS/c1-3-5-11-13(15)14(4-2)16-12-9-7-6-8-10-12/h4,6-10H,3,5,11H2,1-2H3/b14-4-. The molecule has 0 bridgehead atoms. The van der Waals surface area contributed by atoms with E-state index in [1.807, 2.05) is 43.3 Å². The maximum Gasteiger partial charge on any atom is 0.169 e. The quantitative estimate of drug-likeness (QED) is 0.534. The van der Waals surface area contributed by atoms with Crippen LogP contribution in [0.15, 0.2) is 46.2 Å². The highest BCUT2D eigenvalue weighted by Crippen LogP contribution is 2.27. The van der Waals surface area contributed by atoms with Crippen molar-refractivity contribution >= 4 is 17.5 Å². The minimum absolute atomic E-state index is 0.262. The van der Waals surface area contributed by atoms with Crippen LogP contribution in [0.1, 0.15) is 33.1 Å². The Hall–Kier alpha value is -1.02. The zero-order valence-electron chi connectivity index (χ0n) is 9.90. The molecule has 1 nitrogen and oxygen atoms in total.